The molecule has 0 aromatic carbocycles. The number of fused-ring (bicyclic) bond motifs is 5. The molecule has 0 amide bonds. The van der Waals surface area contributed by atoms with Crippen molar-refractivity contribution in [3.63, 3.8) is 0 Å². The molecule has 0 radical (unpaired) electrons. The zero-order chi connectivity index (χ0) is 18.5. The van der Waals surface area contributed by atoms with Crippen LogP contribution in [-0.2, 0) is 14.3 Å². The molecule has 4 rings (SSSR count). The largest absolute Gasteiger partial charge is 0.462 e. The number of esters is 1. The summed E-state index contributed by atoms with van der Waals surface area (Å²) in [6.45, 7) is 4.50. The van der Waals surface area contributed by atoms with Gasteiger partial charge in [0.25, 0.3) is 0 Å². The molecule has 0 aliphatic heterocycles. The molecule has 3 fully saturated rings. The summed E-state index contributed by atoms with van der Waals surface area (Å²) >= 11 is 0. The topological polar surface area (TPSA) is 63.6 Å². The maximum Gasteiger partial charge on any atom is 0.308 e. The normalized spacial score (nSPS) is 44.6. The summed E-state index contributed by atoms with van der Waals surface area (Å²) in [5.41, 5.74) is 1.61. The van der Waals surface area contributed by atoms with Crippen LogP contribution in [0.25, 0.3) is 0 Å². The second-order valence-electron chi connectivity index (χ2n) is 9.51. The lowest BCUT2D eigenvalue weighted by Gasteiger charge is -2.56. The molecule has 6 atom stereocenters. The van der Waals surface area contributed by atoms with E-state index in [4.69, 9.17) is 9.84 Å². The van der Waals surface area contributed by atoms with Crippen molar-refractivity contribution in [3.05, 3.63) is 11.6 Å². The van der Waals surface area contributed by atoms with Crippen LogP contribution in [0.15, 0.2) is 11.6 Å². The molecule has 3 saturated carbocycles. The number of rotatable bonds is 3. The summed E-state index contributed by atoms with van der Waals surface area (Å²) in [5.74, 6) is 2.08. The molecule has 0 aromatic heterocycles. The van der Waals surface area contributed by atoms with Crippen LogP contribution in [0.3, 0.4) is 0 Å². The zero-order valence-corrected chi connectivity index (χ0v) is 16.1. The van der Waals surface area contributed by atoms with Gasteiger partial charge in [-0.2, -0.15) is 0 Å². The Kier molecular flexibility index (Phi) is 4.53. The Balaban J connectivity index is 1.52. The maximum absolute atomic E-state index is 12.5. The van der Waals surface area contributed by atoms with E-state index in [1.165, 1.54) is 5.57 Å². The summed E-state index contributed by atoms with van der Waals surface area (Å²) in [4.78, 5) is 24.2. The van der Waals surface area contributed by atoms with Gasteiger partial charge in [-0.05, 0) is 61.7 Å². The molecule has 3 unspecified atom stereocenters. The average Bonchev–Trinajstić information content (AvgIpc) is 2.91. The van der Waals surface area contributed by atoms with Gasteiger partial charge in [0.1, 0.15) is 11.9 Å². The second kappa shape index (κ2) is 6.47. The van der Waals surface area contributed by atoms with Crippen molar-refractivity contribution in [2.45, 2.75) is 77.7 Å². The molecule has 0 heterocycles. The summed E-state index contributed by atoms with van der Waals surface area (Å²) in [5, 5.41) is 8.90. The van der Waals surface area contributed by atoms with Crippen LogP contribution >= 0.6 is 0 Å². The Hall–Kier alpha value is -1.16. The van der Waals surface area contributed by atoms with E-state index in [1.807, 2.05) is 0 Å². The van der Waals surface area contributed by atoms with Crippen molar-refractivity contribution in [2.24, 2.45) is 28.6 Å². The van der Waals surface area contributed by atoms with Crippen LogP contribution in [0, 0.1) is 28.6 Å². The summed E-state index contributed by atoms with van der Waals surface area (Å²) < 4.78 is 5.58. The number of ketones is 1. The number of carbonyl (C=O) groups excluding carboxylic acids is 2. The molecule has 0 aromatic rings. The Morgan fingerprint density at radius 1 is 1.19 bits per heavy atom. The van der Waals surface area contributed by atoms with Crippen LogP contribution in [0.1, 0.15) is 71.6 Å². The highest BCUT2D eigenvalue weighted by Crippen LogP contribution is 2.64. The summed E-state index contributed by atoms with van der Waals surface area (Å²) in [6.07, 6.45) is 10.4. The molecular weight excluding hydrogens is 328 g/mol. The van der Waals surface area contributed by atoms with E-state index < -0.39 is 0 Å². The molecule has 4 aliphatic carbocycles. The van der Waals surface area contributed by atoms with Crippen molar-refractivity contribution in [1.82, 2.24) is 0 Å². The first kappa shape index (κ1) is 18.2. The lowest BCUT2D eigenvalue weighted by molar-refractivity contribution is -0.152. The van der Waals surface area contributed by atoms with E-state index in [0.29, 0.717) is 23.5 Å². The van der Waals surface area contributed by atoms with Gasteiger partial charge in [0.05, 0.1) is 13.0 Å². The number of carbonyl (C=O) groups is 2. The molecule has 4 nitrogen and oxygen atoms in total. The number of hydrogen-bond donors (Lipinski definition) is 1. The number of hydrogen-bond acceptors (Lipinski definition) is 4. The average molecular weight is 360 g/mol. The lowest BCUT2D eigenvalue weighted by Crippen LogP contribution is -2.50. The third-order valence-corrected chi connectivity index (χ3v) is 8.38. The monoisotopic (exact) mass is 360 g/mol. The van der Waals surface area contributed by atoms with Gasteiger partial charge < -0.3 is 9.84 Å². The van der Waals surface area contributed by atoms with Crippen LogP contribution in [0.5, 0.6) is 0 Å². The number of ether oxygens (including phenoxy) is 1. The minimum absolute atomic E-state index is 0.0353. The molecule has 4 aliphatic rings. The Bertz CT molecular complexity index is 638. The molecule has 144 valence electrons. The van der Waals surface area contributed by atoms with Crippen molar-refractivity contribution in [2.75, 3.05) is 6.61 Å². The Morgan fingerprint density at radius 2 is 1.92 bits per heavy atom. The van der Waals surface area contributed by atoms with Gasteiger partial charge >= 0.3 is 5.97 Å². The van der Waals surface area contributed by atoms with Gasteiger partial charge in [-0.15, -0.1) is 0 Å². The van der Waals surface area contributed by atoms with Crippen LogP contribution < -0.4 is 0 Å². The predicted molar refractivity (Wildman–Crippen MR) is 98.3 cm³/mol. The Morgan fingerprint density at radius 3 is 2.69 bits per heavy atom. The second-order valence-corrected chi connectivity index (χ2v) is 9.51. The fraction of sp³-hybridized carbons (Fsp3) is 0.818. The van der Waals surface area contributed by atoms with Gasteiger partial charge in [-0.1, -0.05) is 25.5 Å². The fourth-order valence-electron chi connectivity index (χ4n) is 6.84. The van der Waals surface area contributed by atoms with Gasteiger partial charge in [0.15, 0.2) is 0 Å². The van der Waals surface area contributed by atoms with E-state index >= 15 is 0 Å². The molecular formula is C22H32O4. The highest BCUT2D eigenvalue weighted by molar-refractivity contribution is 5.87. The van der Waals surface area contributed by atoms with Crippen LogP contribution in [0.2, 0.25) is 0 Å². The first-order valence-corrected chi connectivity index (χ1v) is 10.4. The van der Waals surface area contributed by atoms with Crippen molar-refractivity contribution < 1.29 is 19.4 Å². The van der Waals surface area contributed by atoms with E-state index in [2.05, 4.69) is 19.9 Å². The first-order valence-electron chi connectivity index (χ1n) is 10.4. The summed E-state index contributed by atoms with van der Waals surface area (Å²) in [6, 6.07) is 0. The van der Waals surface area contributed by atoms with Crippen LogP contribution in [-0.4, -0.2) is 29.6 Å². The third kappa shape index (κ3) is 2.67. The Labute approximate surface area is 156 Å². The van der Waals surface area contributed by atoms with Gasteiger partial charge in [0, 0.05) is 18.3 Å². The molecule has 0 spiro atoms. The SMILES string of the molecule is C[C@]12CC[C@H](OC(=O)CCO)CC1=CCC1C2CC[C@]2(C)C(=O)CCC12. The van der Waals surface area contributed by atoms with E-state index in [9.17, 15) is 9.59 Å². The van der Waals surface area contributed by atoms with Crippen molar-refractivity contribution in [3.8, 4) is 0 Å². The number of aliphatic hydroxyl groups is 1. The zero-order valence-electron chi connectivity index (χ0n) is 16.1. The lowest BCUT2D eigenvalue weighted by atomic mass is 9.48. The molecule has 1 N–H and O–H groups in total. The fourth-order valence-corrected chi connectivity index (χ4v) is 6.84. The molecule has 4 heteroatoms. The number of aliphatic hydroxyl groups excluding tert-OH is 1. The van der Waals surface area contributed by atoms with Crippen LogP contribution in [0.4, 0.5) is 0 Å². The van der Waals surface area contributed by atoms with E-state index in [0.717, 1.165) is 51.4 Å². The maximum atomic E-state index is 12.5. The quantitative estimate of drug-likeness (QED) is 0.614. The third-order valence-electron chi connectivity index (χ3n) is 8.38. The smallest absolute Gasteiger partial charge is 0.308 e. The summed E-state index contributed by atoms with van der Waals surface area (Å²) in [7, 11) is 0. The van der Waals surface area contributed by atoms with Crippen molar-refractivity contribution >= 4 is 11.8 Å². The highest BCUT2D eigenvalue weighted by Gasteiger charge is 2.58. The number of Topliss-reactive ketones (excluding diaryl/α,β-unsaturated/α-hetero) is 1. The molecule has 0 saturated heterocycles. The molecule has 0 bridgehead atoms. The van der Waals surface area contributed by atoms with E-state index in [1.54, 1.807) is 0 Å². The minimum Gasteiger partial charge on any atom is -0.462 e. The van der Waals surface area contributed by atoms with Gasteiger partial charge in [-0.25, -0.2) is 0 Å². The predicted octanol–water partition coefficient (Wildman–Crippen LogP) is 3.81. The number of allylic oxidation sites excluding steroid dienone is 1. The van der Waals surface area contributed by atoms with Gasteiger partial charge in [0.2, 0.25) is 0 Å². The first-order chi connectivity index (χ1) is 12.4. The highest BCUT2D eigenvalue weighted by atomic mass is 16.5. The van der Waals surface area contributed by atoms with E-state index in [-0.39, 0.29) is 35.9 Å². The van der Waals surface area contributed by atoms with Gasteiger partial charge in [-0.3, -0.25) is 9.59 Å². The minimum atomic E-state index is -0.284. The standard InChI is InChI=1S/C22H32O4/c1-21-10-7-15(26-20(25)9-12-23)13-14(21)3-4-16-17-5-6-19(24)22(17,2)11-8-18(16)21/h3,15-18,23H,4-13H2,1-2H3/t15-,16?,17?,18?,21-,22-/m0/s1. The van der Waals surface area contributed by atoms with Crippen molar-refractivity contribution in [1.29, 1.82) is 0 Å². The molecule has 26 heavy (non-hydrogen) atoms.